The number of rotatable bonds is 16. The molecule has 0 atom stereocenters. The standard InChI is InChI=1S/4C30H42O5.C5H12O4/c4*1-27(2,3)19-15-18(16-20(23(19)31)28(4,5)6)26(34)35-24-21(29(7,8)9)13-17(25(32)33)14-22(24)30(10,11)12;6-1-5(2-7,3-8)4-9/h4*13-16,31H,1-12H3,(H,32,33);6-9H,1-4H2. The maximum atomic E-state index is 13.6. The summed E-state index contributed by atoms with van der Waals surface area (Å²) >= 11 is 0. The Morgan fingerprint density at radius 1 is 0.168 bits per heavy atom. The predicted octanol–water partition coefficient (Wildman–Crippen LogP) is 27.9. The lowest BCUT2D eigenvalue weighted by molar-refractivity contribution is -0.0328. The Balaban J connectivity index is 0.000000401. The van der Waals surface area contributed by atoms with Crippen LogP contribution in [0.3, 0.4) is 0 Å². The Kier molecular flexibility index (Phi) is 39.7. The molecule has 8 rings (SSSR count). The number of phenolic OH excluding ortho intramolecular Hbond substituents is 4. The minimum atomic E-state index is -1.11. The van der Waals surface area contributed by atoms with E-state index in [2.05, 4.69) is 0 Å². The molecule has 12 N–H and O–H groups in total. The molecule has 0 unspecified atom stereocenters. The molecule has 0 amide bonds. The van der Waals surface area contributed by atoms with Crippen molar-refractivity contribution in [3.8, 4) is 46.0 Å². The van der Waals surface area contributed by atoms with Crippen LogP contribution in [0, 0.1) is 5.41 Å². The van der Waals surface area contributed by atoms with Gasteiger partial charge >= 0.3 is 47.8 Å². The Labute approximate surface area is 888 Å². The zero-order valence-electron chi connectivity index (χ0n) is 98.8. The second kappa shape index (κ2) is 45.6. The quantitative estimate of drug-likeness (QED) is 0.0316. The van der Waals surface area contributed by atoms with Gasteiger partial charge in [-0.2, -0.15) is 0 Å². The van der Waals surface area contributed by atoms with E-state index in [-0.39, 0.29) is 45.3 Å². The summed E-state index contributed by atoms with van der Waals surface area (Å²) in [5.74, 6) is -3.93. The molecule has 0 saturated carbocycles. The first-order valence-electron chi connectivity index (χ1n) is 51.0. The van der Waals surface area contributed by atoms with E-state index in [1.165, 1.54) is 0 Å². The van der Waals surface area contributed by atoms with Crippen molar-refractivity contribution in [1.82, 2.24) is 0 Å². The molecule has 0 spiro atoms. The van der Waals surface area contributed by atoms with Gasteiger partial charge < -0.3 is 80.2 Å². The van der Waals surface area contributed by atoms with Crippen LogP contribution >= 0.6 is 0 Å². The number of aromatic carboxylic acids is 4. The zero-order valence-corrected chi connectivity index (χ0v) is 98.8. The maximum Gasteiger partial charge on any atom is 0.343 e. The van der Waals surface area contributed by atoms with Crippen molar-refractivity contribution in [3.63, 3.8) is 0 Å². The van der Waals surface area contributed by atoms with Gasteiger partial charge in [0.1, 0.15) is 46.0 Å². The monoisotopic (exact) mass is 2070 g/mol. The molecule has 24 heteroatoms. The molecular formula is C125H180O24. The van der Waals surface area contributed by atoms with Gasteiger partial charge in [0, 0.05) is 89.0 Å². The van der Waals surface area contributed by atoms with Crippen LogP contribution in [-0.4, -0.2) is 135 Å². The number of carboxylic acid groups (broad SMARTS) is 4. The molecule has 0 fully saturated rings. The van der Waals surface area contributed by atoms with E-state index in [0.717, 1.165) is 0 Å². The molecule has 0 aromatic heterocycles. The largest absolute Gasteiger partial charge is 0.507 e. The van der Waals surface area contributed by atoms with E-state index in [4.69, 9.17) is 39.4 Å². The highest BCUT2D eigenvalue weighted by Crippen LogP contribution is 2.51. The minimum absolute atomic E-state index is 0.161. The SMILES string of the molecule is CC(C)(C)c1cc(C(=O)Oc2c(C(C)(C)C)cc(C(=O)O)cc2C(C)(C)C)cc(C(C)(C)C)c1O.CC(C)(C)c1cc(C(=O)Oc2c(C(C)(C)C)cc(C(=O)O)cc2C(C)(C)C)cc(C(C)(C)C)c1O.CC(C)(C)c1cc(C(=O)Oc2c(C(C)(C)C)cc(C(=O)O)cc2C(C)(C)C)cc(C(C)(C)C)c1O.CC(C)(C)c1cc(C(=O)Oc2c(C(C)(C)C)cc(C(=O)O)cc2C(C)(C)C)cc(C(C)(C)C)c1O.OCC(CO)(CO)CO. The molecule has 24 nitrogen and oxygen atoms in total. The van der Waals surface area contributed by atoms with E-state index in [1.807, 2.05) is 332 Å². The summed E-state index contributed by atoms with van der Waals surface area (Å²) in [5, 5.41) is 117. The van der Waals surface area contributed by atoms with E-state index in [0.29, 0.717) is 134 Å². The average Bonchev–Trinajstić information content (AvgIpc) is 0.763. The van der Waals surface area contributed by atoms with E-state index >= 15 is 0 Å². The second-order valence-corrected chi connectivity index (χ2v) is 56.2. The zero-order chi connectivity index (χ0) is 117. The predicted molar refractivity (Wildman–Crippen MR) is 596 cm³/mol. The lowest BCUT2D eigenvalue weighted by Gasteiger charge is -2.30. The first-order valence-corrected chi connectivity index (χ1v) is 51.0. The van der Waals surface area contributed by atoms with Crippen molar-refractivity contribution in [2.45, 2.75) is 419 Å². The summed E-state index contributed by atoms with van der Waals surface area (Å²) in [4.78, 5) is 102. The number of aliphatic hydroxyl groups excluding tert-OH is 4. The fraction of sp³-hybridized carbons (Fsp3) is 0.552. The van der Waals surface area contributed by atoms with E-state index in [9.17, 15) is 79.2 Å². The topological polar surface area (TPSA) is 416 Å². The summed E-state index contributed by atoms with van der Waals surface area (Å²) in [7, 11) is 0. The number of benzene rings is 8. The number of carbonyl (C=O) groups is 8. The number of hydrogen-bond donors (Lipinski definition) is 12. The Morgan fingerprint density at radius 2 is 0.255 bits per heavy atom. The number of aliphatic hydroxyl groups is 4. The van der Waals surface area contributed by atoms with Crippen molar-refractivity contribution in [1.29, 1.82) is 0 Å². The second-order valence-electron chi connectivity index (χ2n) is 56.2. The number of ether oxygens (including phenoxy) is 4. The molecule has 0 aliphatic heterocycles. The van der Waals surface area contributed by atoms with Crippen LogP contribution in [0.4, 0.5) is 0 Å². The van der Waals surface area contributed by atoms with Crippen LogP contribution < -0.4 is 18.9 Å². The molecule has 0 aliphatic carbocycles. The van der Waals surface area contributed by atoms with Crippen molar-refractivity contribution in [2.75, 3.05) is 26.4 Å². The van der Waals surface area contributed by atoms with Crippen LogP contribution in [0.25, 0.3) is 0 Å². The Hall–Kier alpha value is -11.4. The van der Waals surface area contributed by atoms with E-state index < -0.39 is 166 Å². The van der Waals surface area contributed by atoms with Gasteiger partial charge in [0.2, 0.25) is 0 Å². The van der Waals surface area contributed by atoms with Crippen molar-refractivity contribution < 1.29 is 119 Å². The number of carboxylic acids is 4. The highest BCUT2D eigenvalue weighted by Gasteiger charge is 2.42. The van der Waals surface area contributed by atoms with Crippen LogP contribution in [0.2, 0.25) is 0 Å². The molecule has 0 saturated heterocycles. The average molecular weight is 2070 g/mol. The van der Waals surface area contributed by atoms with Gasteiger partial charge in [0.05, 0.1) is 76.4 Å². The molecule has 0 bridgehead atoms. The third-order valence-corrected chi connectivity index (χ3v) is 25.8. The fourth-order valence-electron chi connectivity index (χ4n) is 16.4. The Morgan fingerprint density at radius 3 is 0.322 bits per heavy atom. The first kappa shape index (κ1) is 130. The summed E-state index contributed by atoms with van der Waals surface area (Å²) < 4.78 is 24.4. The summed E-state index contributed by atoms with van der Waals surface area (Å²) in [6.07, 6.45) is 0. The van der Waals surface area contributed by atoms with Crippen LogP contribution in [0.15, 0.2) is 97.1 Å². The van der Waals surface area contributed by atoms with Crippen LogP contribution in [-0.2, 0) is 86.6 Å². The summed E-state index contributed by atoms with van der Waals surface area (Å²) in [5.41, 5.74) is 4.64. The number of aromatic hydroxyl groups is 4. The summed E-state index contributed by atoms with van der Waals surface area (Å²) in [6, 6.07) is 26.4. The highest BCUT2D eigenvalue weighted by molar-refractivity contribution is 5.98. The van der Waals surface area contributed by atoms with Crippen LogP contribution in [0.1, 0.15) is 504 Å². The van der Waals surface area contributed by atoms with E-state index in [1.54, 1.807) is 97.1 Å². The molecule has 8 aromatic carbocycles. The smallest absolute Gasteiger partial charge is 0.343 e. The first-order chi connectivity index (χ1) is 66.4. The van der Waals surface area contributed by atoms with Gasteiger partial charge in [0.25, 0.3) is 0 Å². The maximum absolute atomic E-state index is 13.6. The number of phenols is 4. The molecule has 8 aromatic rings. The molecule has 149 heavy (non-hydrogen) atoms. The third-order valence-electron chi connectivity index (χ3n) is 25.8. The van der Waals surface area contributed by atoms with Gasteiger partial charge in [0.15, 0.2) is 0 Å². The Bertz CT molecular complexity index is 5220. The van der Waals surface area contributed by atoms with Crippen molar-refractivity contribution in [2.24, 2.45) is 5.41 Å². The van der Waals surface area contributed by atoms with Gasteiger partial charge in [-0.15, -0.1) is 0 Å². The van der Waals surface area contributed by atoms with Gasteiger partial charge in [-0.3, -0.25) is 0 Å². The highest BCUT2D eigenvalue weighted by atomic mass is 16.6. The van der Waals surface area contributed by atoms with Crippen molar-refractivity contribution in [3.05, 3.63) is 231 Å². The van der Waals surface area contributed by atoms with Gasteiger partial charge in [-0.05, 0) is 184 Å². The normalized spacial score (nSPS) is 13.0. The molecule has 824 valence electrons. The summed E-state index contributed by atoms with van der Waals surface area (Å²) in [6.45, 7) is 93.3. The molecule has 0 radical (unpaired) electrons. The lowest BCUT2D eigenvalue weighted by Crippen LogP contribution is -2.37. The lowest BCUT2D eigenvalue weighted by atomic mass is 9.78. The van der Waals surface area contributed by atoms with Gasteiger partial charge in [-0.25, -0.2) is 38.4 Å². The number of esters is 4. The minimum Gasteiger partial charge on any atom is -0.507 e. The van der Waals surface area contributed by atoms with Gasteiger partial charge in [-0.1, -0.05) is 332 Å². The molecule has 0 aliphatic rings. The third kappa shape index (κ3) is 33.3. The fourth-order valence-corrected chi connectivity index (χ4v) is 16.4. The number of hydrogen-bond acceptors (Lipinski definition) is 20. The van der Waals surface area contributed by atoms with Crippen molar-refractivity contribution >= 4 is 47.8 Å². The molecular weight excluding hydrogens is 1890 g/mol. The molecule has 0 heterocycles. The van der Waals surface area contributed by atoms with Crippen LogP contribution in [0.5, 0.6) is 46.0 Å². The number of carbonyl (C=O) groups excluding carboxylic acids is 4.